The van der Waals surface area contributed by atoms with Gasteiger partial charge in [-0.15, -0.1) is 0 Å². The van der Waals surface area contributed by atoms with Crippen LogP contribution in [0.1, 0.15) is 16.8 Å². The molecule has 1 fully saturated rings. The van der Waals surface area contributed by atoms with Gasteiger partial charge in [0.25, 0.3) is 5.91 Å². The fourth-order valence-corrected chi connectivity index (χ4v) is 2.98. The SMILES string of the molecule is CN(C)C[C@@]1(O)CCN(C(=O)c2ccc(-n3cccn3)nc2)C1. The van der Waals surface area contributed by atoms with Crippen LogP contribution in [0.3, 0.4) is 0 Å². The van der Waals surface area contributed by atoms with E-state index in [1.807, 2.05) is 25.1 Å². The minimum atomic E-state index is -0.832. The Hall–Kier alpha value is -2.25. The Morgan fingerprint density at radius 1 is 1.43 bits per heavy atom. The highest BCUT2D eigenvalue weighted by atomic mass is 16.3. The van der Waals surface area contributed by atoms with Crippen molar-refractivity contribution in [3.05, 3.63) is 42.4 Å². The number of carbonyl (C=O) groups excluding carboxylic acids is 1. The second-order valence-corrected chi connectivity index (χ2v) is 6.29. The van der Waals surface area contributed by atoms with Crippen LogP contribution in [-0.4, -0.2) is 74.9 Å². The van der Waals surface area contributed by atoms with Crippen LogP contribution in [0.4, 0.5) is 0 Å². The van der Waals surface area contributed by atoms with Gasteiger partial charge in [-0.25, -0.2) is 9.67 Å². The second kappa shape index (κ2) is 6.10. The van der Waals surface area contributed by atoms with E-state index in [-0.39, 0.29) is 5.91 Å². The third kappa shape index (κ3) is 3.40. The smallest absolute Gasteiger partial charge is 0.255 e. The normalized spacial score (nSPS) is 21.1. The van der Waals surface area contributed by atoms with Gasteiger partial charge in [0.2, 0.25) is 0 Å². The van der Waals surface area contributed by atoms with Gasteiger partial charge in [0, 0.05) is 31.7 Å². The molecule has 2 aromatic heterocycles. The molecule has 0 spiro atoms. The third-order valence-corrected chi connectivity index (χ3v) is 3.96. The van der Waals surface area contributed by atoms with Crippen molar-refractivity contribution < 1.29 is 9.90 Å². The van der Waals surface area contributed by atoms with Crippen molar-refractivity contribution >= 4 is 5.91 Å². The van der Waals surface area contributed by atoms with E-state index < -0.39 is 5.60 Å². The number of hydrogen-bond acceptors (Lipinski definition) is 5. The Kier molecular flexibility index (Phi) is 4.14. The largest absolute Gasteiger partial charge is 0.387 e. The quantitative estimate of drug-likeness (QED) is 0.884. The van der Waals surface area contributed by atoms with Crippen LogP contribution in [0.15, 0.2) is 36.8 Å². The Balaban J connectivity index is 1.69. The highest BCUT2D eigenvalue weighted by molar-refractivity contribution is 5.94. The fourth-order valence-electron chi connectivity index (χ4n) is 2.98. The Morgan fingerprint density at radius 3 is 2.87 bits per heavy atom. The standard InChI is InChI=1S/C16H21N5O2/c1-19(2)11-16(23)6-9-20(12-16)15(22)13-4-5-14(17-10-13)21-8-3-7-18-21/h3-5,7-8,10,23H,6,9,11-12H2,1-2H3/t16-/m0/s1. The van der Waals surface area contributed by atoms with Crippen LogP contribution < -0.4 is 0 Å². The zero-order chi connectivity index (χ0) is 16.4. The predicted octanol–water partition coefficient (Wildman–Crippen LogP) is 0.406. The molecule has 1 atom stereocenters. The van der Waals surface area contributed by atoms with Gasteiger partial charge in [0.15, 0.2) is 5.82 Å². The van der Waals surface area contributed by atoms with Crippen LogP contribution in [-0.2, 0) is 0 Å². The number of aromatic nitrogens is 3. The summed E-state index contributed by atoms with van der Waals surface area (Å²) in [5.74, 6) is 0.566. The summed E-state index contributed by atoms with van der Waals surface area (Å²) in [5.41, 5.74) is -0.309. The van der Waals surface area contributed by atoms with Crippen LogP contribution in [0.5, 0.6) is 0 Å². The lowest BCUT2D eigenvalue weighted by Crippen LogP contribution is -2.43. The van der Waals surface area contributed by atoms with E-state index in [1.54, 1.807) is 40.3 Å². The molecule has 0 aromatic carbocycles. The molecule has 0 bridgehead atoms. The van der Waals surface area contributed by atoms with Crippen LogP contribution in [0.25, 0.3) is 5.82 Å². The third-order valence-electron chi connectivity index (χ3n) is 3.96. The molecule has 3 rings (SSSR count). The van der Waals surface area contributed by atoms with Gasteiger partial charge in [0.05, 0.1) is 17.7 Å². The maximum absolute atomic E-state index is 12.6. The number of amides is 1. The number of carbonyl (C=O) groups is 1. The lowest BCUT2D eigenvalue weighted by molar-refractivity contribution is 0.0236. The Morgan fingerprint density at radius 2 is 2.26 bits per heavy atom. The van der Waals surface area contributed by atoms with E-state index in [2.05, 4.69) is 10.1 Å². The molecule has 1 N–H and O–H groups in total. The molecule has 0 saturated carbocycles. The van der Waals surface area contributed by atoms with Gasteiger partial charge >= 0.3 is 0 Å². The zero-order valence-corrected chi connectivity index (χ0v) is 13.4. The fraction of sp³-hybridized carbons (Fsp3) is 0.438. The van der Waals surface area contributed by atoms with E-state index in [0.717, 1.165) is 0 Å². The summed E-state index contributed by atoms with van der Waals surface area (Å²) < 4.78 is 1.64. The number of pyridine rings is 1. The summed E-state index contributed by atoms with van der Waals surface area (Å²) in [5, 5.41) is 14.6. The summed E-state index contributed by atoms with van der Waals surface area (Å²) in [4.78, 5) is 20.5. The first-order chi connectivity index (χ1) is 11.0. The van der Waals surface area contributed by atoms with Crippen LogP contribution >= 0.6 is 0 Å². The second-order valence-electron chi connectivity index (χ2n) is 6.29. The van der Waals surface area contributed by atoms with Crippen molar-refractivity contribution in [3.63, 3.8) is 0 Å². The molecule has 0 unspecified atom stereocenters. The molecule has 1 aliphatic heterocycles. The Bertz CT molecular complexity index is 668. The van der Waals surface area contributed by atoms with Gasteiger partial charge < -0.3 is 14.9 Å². The van der Waals surface area contributed by atoms with Crippen molar-refractivity contribution in [1.29, 1.82) is 0 Å². The predicted molar refractivity (Wildman–Crippen MR) is 85.4 cm³/mol. The summed E-state index contributed by atoms with van der Waals surface area (Å²) in [6, 6.07) is 5.33. The lowest BCUT2D eigenvalue weighted by Gasteiger charge is -2.26. The average molecular weight is 315 g/mol. The maximum Gasteiger partial charge on any atom is 0.255 e. The highest BCUT2D eigenvalue weighted by Crippen LogP contribution is 2.23. The molecule has 0 radical (unpaired) electrons. The molecular formula is C16H21N5O2. The monoisotopic (exact) mass is 315 g/mol. The molecule has 0 aliphatic carbocycles. The Labute approximate surface area is 135 Å². The molecule has 2 aromatic rings. The molecule has 1 saturated heterocycles. The highest BCUT2D eigenvalue weighted by Gasteiger charge is 2.38. The average Bonchev–Trinajstić information content (AvgIpc) is 3.16. The van der Waals surface area contributed by atoms with E-state index in [0.29, 0.717) is 37.4 Å². The van der Waals surface area contributed by atoms with Crippen molar-refractivity contribution in [1.82, 2.24) is 24.6 Å². The number of aliphatic hydroxyl groups is 1. The van der Waals surface area contributed by atoms with Crippen molar-refractivity contribution in [3.8, 4) is 5.82 Å². The lowest BCUT2D eigenvalue weighted by atomic mass is 10.0. The van der Waals surface area contributed by atoms with Gasteiger partial charge in [-0.3, -0.25) is 4.79 Å². The molecule has 23 heavy (non-hydrogen) atoms. The van der Waals surface area contributed by atoms with Gasteiger partial charge in [-0.05, 0) is 38.7 Å². The number of β-amino-alcohol motifs (C(OH)–C–C–N with tert-alkyl or cyclic N) is 1. The van der Waals surface area contributed by atoms with Crippen LogP contribution in [0.2, 0.25) is 0 Å². The van der Waals surface area contributed by atoms with E-state index in [9.17, 15) is 9.90 Å². The zero-order valence-electron chi connectivity index (χ0n) is 13.4. The van der Waals surface area contributed by atoms with Gasteiger partial charge in [0.1, 0.15) is 0 Å². The van der Waals surface area contributed by atoms with E-state index in [4.69, 9.17) is 0 Å². The topological polar surface area (TPSA) is 74.5 Å². The summed E-state index contributed by atoms with van der Waals surface area (Å²) in [6.45, 7) is 1.46. The summed E-state index contributed by atoms with van der Waals surface area (Å²) in [7, 11) is 3.83. The number of hydrogen-bond donors (Lipinski definition) is 1. The van der Waals surface area contributed by atoms with Crippen molar-refractivity contribution in [2.75, 3.05) is 33.7 Å². The number of rotatable bonds is 4. The molecule has 3 heterocycles. The molecule has 1 amide bonds. The number of nitrogens with zero attached hydrogens (tertiary/aromatic N) is 5. The maximum atomic E-state index is 12.6. The minimum absolute atomic E-state index is 0.0980. The molecular weight excluding hydrogens is 294 g/mol. The van der Waals surface area contributed by atoms with Crippen molar-refractivity contribution in [2.45, 2.75) is 12.0 Å². The molecule has 1 aliphatic rings. The summed E-state index contributed by atoms with van der Waals surface area (Å²) in [6.07, 6.45) is 5.63. The van der Waals surface area contributed by atoms with E-state index >= 15 is 0 Å². The molecule has 122 valence electrons. The molecule has 7 heteroatoms. The molecule has 7 nitrogen and oxygen atoms in total. The first-order valence-corrected chi connectivity index (χ1v) is 7.59. The summed E-state index contributed by atoms with van der Waals surface area (Å²) >= 11 is 0. The van der Waals surface area contributed by atoms with Crippen molar-refractivity contribution in [2.24, 2.45) is 0 Å². The number of likely N-dealkylation sites (N-methyl/N-ethyl adjacent to an activating group) is 1. The number of likely N-dealkylation sites (tertiary alicyclic amines) is 1. The van der Waals surface area contributed by atoms with Gasteiger partial charge in [-0.2, -0.15) is 5.10 Å². The first kappa shape index (κ1) is 15.6. The first-order valence-electron chi connectivity index (χ1n) is 7.59. The van der Waals surface area contributed by atoms with E-state index in [1.165, 1.54) is 0 Å². The minimum Gasteiger partial charge on any atom is -0.387 e. The van der Waals surface area contributed by atoms with Crippen LogP contribution in [0, 0.1) is 0 Å². The van der Waals surface area contributed by atoms with Gasteiger partial charge in [-0.1, -0.05) is 0 Å².